The van der Waals surface area contributed by atoms with Crippen LogP contribution in [0, 0.1) is 17.8 Å². The van der Waals surface area contributed by atoms with Crippen LogP contribution in [0.3, 0.4) is 0 Å². The van der Waals surface area contributed by atoms with Crippen molar-refractivity contribution < 1.29 is 27.4 Å². The molecule has 0 amide bonds. The van der Waals surface area contributed by atoms with Gasteiger partial charge in [-0.05, 0) is 41.7 Å². The topological polar surface area (TPSA) is 198 Å². The number of allylic oxidation sites excluding steroid dienone is 2. The highest BCUT2D eigenvalue weighted by Crippen LogP contribution is 2.30. The summed E-state index contributed by atoms with van der Waals surface area (Å²) in [6.07, 6.45) is 5.02. The van der Waals surface area contributed by atoms with Crippen molar-refractivity contribution in [1.29, 1.82) is 0 Å². The first-order chi connectivity index (χ1) is 16.4. The van der Waals surface area contributed by atoms with Gasteiger partial charge in [-0.3, -0.25) is 9.35 Å². The number of carbonyl (C=O) groups is 1. The zero-order valence-electron chi connectivity index (χ0n) is 18.8. The van der Waals surface area contributed by atoms with E-state index in [1.807, 2.05) is 42.2 Å². The maximum absolute atomic E-state index is 11.6. The molecule has 1 aromatic heterocycles. The molecule has 8 N–H and O–H groups in total. The molecule has 0 spiro atoms. The Kier molecular flexibility index (Phi) is 7.53. The largest absolute Gasteiger partial charge is 0.481 e. The molecule has 0 unspecified atom stereocenters. The zero-order valence-corrected chi connectivity index (χ0v) is 19.6. The van der Waals surface area contributed by atoms with Gasteiger partial charge in [-0.15, -0.1) is 0 Å². The summed E-state index contributed by atoms with van der Waals surface area (Å²) >= 11 is 0. The number of benzene rings is 1. The smallest absolute Gasteiger partial charge is 0.308 e. The van der Waals surface area contributed by atoms with E-state index in [-0.39, 0.29) is 24.8 Å². The van der Waals surface area contributed by atoms with Crippen molar-refractivity contribution >= 4 is 33.7 Å². The van der Waals surface area contributed by atoms with Gasteiger partial charge in [0.05, 0.1) is 11.6 Å². The molecule has 182 valence electrons. The summed E-state index contributed by atoms with van der Waals surface area (Å²) < 4.78 is 34.4. The Labute approximate surface area is 202 Å². The summed E-state index contributed by atoms with van der Waals surface area (Å²) in [6, 6.07) is 9.04. The van der Waals surface area contributed by atoms with E-state index in [1.54, 1.807) is 12.1 Å². The highest BCUT2D eigenvalue weighted by molar-refractivity contribution is 7.86. The molecule has 2 aromatic rings. The van der Waals surface area contributed by atoms with E-state index in [0.717, 1.165) is 11.1 Å². The minimum absolute atomic E-state index is 0.126. The Bertz CT molecular complexity index is 1400. The third-order valence-electron chi connectivity index (χ3n) is 5.32. The zero-order chi connectivity index (χ0) is 25.8. The van der Waals surface area contributed by atoms with Crippen LogP contribution < -0.4 is 21.8 Å². The molecule has 1 aliphatic rings. The molecule has 1 aliphatic carbocycles. The van der Waals surface area contributed by atoms with Crippen molar-refractivity contribution in [2.45, 2.75) is 18.1 Å². The Hall–Kier alpha value is -4.21. The molecule has 0 radical (unpaired) electrons. The second-order valence-corrected chi connectivity index (χ2v) is 9.54. The van der Waals surface area contributed by atoms with Crippen LogP contribution in [0.5, 0.6) is 0 Å². The lowest BCUT2D eigenvalue weighted by molar-refractivity contribution is -0.671. The van der Waals surface area contributed by atoms with Crippen LogP contribution in [0.2, 0.25) is 0 Å². The van der Waals surface area contributed by atoms with Gasteiger partial charge in [-0.1, -0.05) is 24.0 Å². The molecule has 35 heavy (non-hydrogen) atoms. The van der Waals surface area contributed by atoms with Gasteiger partial charge in [0.2, 0.25) is 5.96 Å². The number of aliphatic carboxylic acids is 1. The van der Waals surface area contributed by atoms with E-state index in [2.05, 4.69) is 21.8 Å². The van der Waals surface area contributed by atoms with Gasteiger partial charge < -0.3 is 22.3 Å². The first kappa shape index (κ1) is 25.4. The molecule has 1 aromatic carbocycles. The standard InChI is InChI=1S/C23H24N6O5S/c1-29-10-8-15(9-11-29)18-6-5-17(27-23(26)28-22(24)25)13-16(18)4-2-14-3-7-20(35(32,33)34)19(12-14)21(30)31/h3,5-6,8-11,13,19-20H,7,12H2,1H3,(H7,24,25,26,28,30,31,32,33,34)/p+1/t19-,20+/m1/s1. The number of carboxylic acid groups (broad SMARTS) is 1. The number of hydrogen-bond acceptors (Lipinski definition) is 4. The molecule has 12 heteroatoms. The van der Waals surface area contributed by atoms with Crippen LogP contribution in [0.15, 0.2) is 64.4 Å². The van der Waals surface area contributed by atoms with E-state index in [9.17, 15) is 22.9 Å². The highest BCUT2D eigenvalue weighted by Gasteiger charge is 2.39. The van der Waals surface area contributed by atoms with Crippen molar-refractivity contribution in [1.82, 2.24) is 0 Å². The second-order valence-electron chi connectivity index (χ2n) is 7.91. The maximum atomic E-state index is 11.6. The van der Waals surface area contributed by atoms with Crippen LogP contribution in [0.4, 0.5) is 5.69 Å². The van der Waals surface area contributed by atoms with Gasteiger partial charge in [0, 0.05) is 17.7 Å². The molecule has 0 fully saturated rings. The van der Waals surface area contributed by atoms with Gasteiger partial charge in [-0.25, -0.2) is 9.56 Å². The fourth-order valence-corrected chi connectivity index (χ4v) is 4.59. The van der Waals surface area contributed by atoms with Crippen LogP contribution in [-0.2, 0) is 22.0 Å². The molecule has 11 nitrogen and oxygen atoms in total. The number of carboxylic acids is 1. The first-order valence-corrected chi connectivity index (χ1v) is 11.9. The molecule has 0 saturated heterocycles. The first-order valence-electron chi connectivity index (χ1n) is 10.4. The number of nitrogens with two attached hydrogens (primary N) is 3. The molecule has 0 bridgehead atoms. The van der Waals surface area contributed by atoms with E-state index in [4.69, 9.17) is 17.2 Å². The average molecular weight is 498 g/mol. The number of aryl methyl sites for hydroxylation is 1. The SMILES string of the molecule is C[n+]1ccc(-c2ccc(N=C(N)N=C(N)N)cc2C#CC2=CC[C@H](S(=O)(=O)O)[C@H](C(=O)O)C2)cc1. The van der Waals surface area contributed by atoms with E-state index in [0.29, 0.717) is 16.8 Å². The van der Waals surface area contributed by atoms with E-state index >= 15 is 0 Å². The predicted molar refractivity (Wildman–Crippen MR) is 131 cm³/mol. The summed E-state index contributed by atoms with van der Waals surface area (Å²) in [7, 11) is -2.62. The predicted octanol–water partition coefficient (Wildman–Crippen LogP) is 0.427. The quantitative estimate of drug-likeness (QED) is 0.132. The van der Waals surface area contributed by atoms with Crippen molar-refractivity contribution in [2.24, 2.45) is 40.2 Å². The summed E-state index contributed by atoms with van der Waals surface area (Å²) in [5, 5.41) is 8.05. The third kappa shape index (κ3) is 6.66. The number of nitrogens with zero attached hydrogens (tertiary/aromatic N) is 3. The van der Waals surface area contributed by atoms with Gasteiger partial charge in [0.25, 0.3) is 10.1 Å². The average Bonchev–Trinajstić information content (AvgIpc) is 2.77. The fourth-order valence-electron chi connectivity index (χ4n) is 3.63. The van der Waals surface area contributed by atoms with Gasteiger partial charge in [0.1, 0.15) is 12.3 Å². The van der Waals surface area contributed by atoms with Crippen molar-refractivity contribution in [3.63, 3.8) is 0 Å². The Balaban J connectivity index is 2.05. The summed E-state index contributed by atoms with van der Waals surface area (Å²) in [4.78, 5) is 19.5. The lowest BCUT2D eigenvalue weighted by Gasteiger charge is -2.24. The van der Waals surface area contributed by atoms with Crippen LogP contribution >= 0.6 is 0 Å². The number of pyridine rings is 1. The molecule has 0 aliphatic heterocycles. The number of rotatable bonds is 4. The normalized spacial score (nSPS) is 18.1. The van der Waals surface area contributed by atoms with Crippen LogP contribution in [-0.4, -0.2) is 41.2 Å². The number of hydrogen-bond donors (Lipinski definition) is 5. The minimum atomic E-state index is -4.51. The monoisotopic (exact) mass is 497 g/mol. The summed E-state index contributed by atoms with van der Waals surface area (Å²) in [5.41, 5.74) is 19.5. The fraction of sp³-hybridized carbons (Fsp3) is 0.217. The number of aromatic nitrogens is 1. The van der Waals surface area contributed by atoms with Gasteiger partial charge in [0.15, 0.2) is 18.4 Å². The highest BCUT2D eigenvalue weighted by atomic mass is 32.2. The molecule has 3 rings (SSSR count). The number of aliphatic imine (C=N–C) groups is 2. The summed E-state index contributed by atoms with van der Waals surface area (Å²) in [6.45, 7) is 0. The maximum Gasteiger partial charge on any atom is 0.308 e. The van der Waals surface area contributed by atoms with Gasteiger partial charge in [-0.2, -0.15) is 13.4 Å². The molecule has 2 atom stereocenters. The van der Waals surface area contributed by atoms with E-state index in [1.165, 1.54) is 6.08 Å². The number of guanidine groups is 2. The molecule has 0 saturated carbocycles. The lowest BCUT2D eigenvalue weighted by atomic mass is 9.88. The molecular formula is C23H25N6O5S+. The minimum Gasteiger partial charge on any atom is -0.481 e. The van der Waals surface area contributed by atoms with E-state index < -0.39 is 27.3 Å². The van der Waals surface area contributed by atoms with Crippen LogP contribution in [0.25, 0.3) is 11.1 Å². The molecular weight excluding hydrogens is 472 g/mol. The van der Waals surface area contributed by atoms with Crippen molar-refractivity contribution in [3.05, 3.63) is 59.9 Å². The Morgan fingerprint density at radius 3 is 2.43 bits per heavy atom. The Morgan fingerprint density at radius 2 is 1.83 bits per heavy atom. The third-order valence-corrected chi connectivity index (χ3v) is 6.61. The molecule has 1 heterocycles. The second kappa shape index (κ2) is 10.4. The Morgan fingerprint density at radius 1 is 1.14 bits per heavy atom. The summed E-state index contributed by atoms with van der Waals surface area (Å²) in [5.74, 6) is 2.99. The van der Waals surface area contributed by atoms with Crippen LogP contribution in [0.1, 0.15) is 18.4 Å². The van der Waals surface area contributed by atoms with Crippen molar-refractivity contribution in [3.8, 4) is 23.0 Å². The van der Waals surface area contributed by atoms with Crippen molar-refractivity contribution in [2.75, 3.05) is 0 Å². The lowest BCUT2D eigenvalue weighted by Crippen LogP contribution is -2.36. The van der Waals surface area contributed by atoms with Gasteiger partial charge >= 0.3 is 5.97 Å².